The summed E-state index contributed by atoms with van der Waals surface area (Å²) in [6.45, 7) is 0.386. The molecule has 0 radical (unpaired) electrons. The van der Waals surface area contributed by atoms with Crippen molar-refractivity contribution in [1.29, 1.82) is 5.26 Å². The molecule has 0 saturated heterocycles. The van der Waals surface area contributed by atoms with Crippen LogP contribution in [0.3, 0.4) is 0 Å². The van der Waals surface area contributed by atoms with Crippen LogP contribution in [0.25, 0.3) is 11.6 Å². The van der Waals surface area contributed by atoms with E-state index in [-0.39, 0.29) is 11.1 Å². The molecule has 27 heavy (non-hydrogen) atoms. The maximum atomic E-state index is 14.1. The first kappa shape index (κ1) is 19.3. The lowest BCUT2D eigenvalue weighted by Gasteiger charge is -2.11. The first-order valence-corrected chi connectivity index (χ1v) is 9.69. The Morgan fingerprint density at radius 1 is 1.00 bits per heavy atom. The Hall–Kier alpha value is -2.42. The molecule has 3 rings (SSSR count). The number of hydrogen-bond acceptors (Lipinski definition) is 2. The van der Waals surface area contributed by atoms with Gasteiger partial charge in [0.05, 0.1) is 11.6 Å². The maximum absolute atomic E-state index is 14.1. The van der Waals surface area contributed by atoms with Gasteiger partial charge in [-0.05, 0) is 48.0 Å². The Morgan fingerprint density at radius 2 is 1.70 bits per heavy atom. The fourth-order valence-corrected chi connectivity index (χ4v) is 3.15. The van der Waals surface area contributed by atoms with Crippen molar-refractivity contribution in [2.45, 2.75) is 6.61 Å². The van der Waals surface area contributed by atoms with Crippen molar-refractivity contribution in [3.05, 3.63) is 98.2 Å². The SMILES string of the molecule is N#CC(=Cc1cc(Br)ccc1OCc1ccc(Br)cc1)c1ccccc1F. The lowest BCUT2D eigenvalue weighted by molar-refractivity contribution is 0.305. The molecule has 5 heteroatoms. The summed E-state index contributed by atoms with van der Waals surface area (Å²) in [6, 6.07) is 21.7. The summed E-state index contributed by atoms with van der Waals surface area (Å²) in [5.74, 6) is 0.183. The third kappa shape index (κ3) is 5.06. The van der Waals surface area contributed by atoms with Crippen molar-refractivity contribution in [2.24, 2.45) is 0 Å². The van der Waals surface area contributed by atoms with E-state index in [1.807, 2.05) is 42.5 Å². The number of nitriles is 1. The molecule has 0 saturated carbocycles. The molecule has 3 aromatic rings. The van der Waals surface area contributed by atoms with Gasteiger partial charge in [-0.25, -0.2) is 4.39 Å². The Kier molecular flexibility index (Phi) is 6.44. The van der Waals surface area contributed by atoms with E-state index < -0.39 is 5.82 Å². The van der Waals surface area contributed by atoms with Gasteiger partial charge in [-0.15, -0.1) is 0 Å². The predicted octanol–water partition coefficient (Wildman–Crippen LogP) is 6.99. The van der Waals surface area contributed by atoms with Crippen LogP contribution in [0.5, 0.6) is 5.75 Å². The summed E-state index contributed by atoms with van der Waals surface area (Å²) < 4.78 is 21.9. The normalized spacial score (nSPS) is 11.1. The van der Waals surface area contributed by atoms with E-state index in [9.17, 15) is 9.65 Å². The molecule has 2 nitrogen and oxygen atoms in total. The summed E-state index contributed by atoms with van der Waals surface area (Å²) in [5, 5.41) is 9.52. The molecule has 0 bridgehead atoms. The van der Waals surface area contributed by atoms with Gasteiger partial charge in [0.15, 0.2) is 0 Å². The Morgan fingerprint density at radius 3 is 2.41 bits per heavy atom. The van der Waals surface area contributed by atoms with Gasteiger partial charge in [-0.2, -0.15) is 5.26 Å². The minimum Gasteiger partial charge on any atom is -0.488 e. The molecule has 0 aliphatic carbocycles. The van der Waals surface area contributed by atoms with Gasteiger partial charge in [0.2, 0.25) is 0 Å². The predicted molar refractivity (Wildman–Crippen MR) is 113 cm³/mol. The van der Waals surface area contributed by atoms with Gasteiger partial charge in [0.25, 0.3) is 0 Å². The zero-order chi connectivity index (χ0) is 19.2. The van der Waals surface area contributed by atoms with Gasteiger partial charge < -0.3 is 4.74 Å². The fourth-order valence-electron chi connectivity index (χ4n) is 2.51. The first-order valence-electron chi connectivity index (χ1n) is 8.10. The molecule has 0 N–H and O–H groups in total. The highest BCUT2D eigenvalue weighted by Crippen LogP contribution is 2.29. The molecule has 0 amide bonds. The summed E-state index contributed by atoms with van der Waals surface area (Å²) in [6.07, 6.45) is 1.64. The van der Waals surface area contributed by atoms with Crippen molar-refractivity contribution in [3.63, 3.8) is 0 Å². The van der Waals surface area contributed by atoms with Crippen LogP contribution in [-0.4, -0.2) is 0 Å². The summed E-state index contributed by atoms with van der Waals surface area (Å²) in [7, 11) is 0. The Labute approximate surface area is 174 Å². The monoisotopic (exact) mass is 485 g/mol. The molecule has 0 aliphatic rings. The number of benzene rings is 3. The first-order chi connectivity index (χ1) is 13.1. The van der Waals surface area contributed by atoms with Gasteiger partial charge in [0.1, 0.15) is 18.2 Å². The molecule has 0 fully saturated rings. The lowest BCUT2D eigenvalue weighted by atomic mass is 10.0. The van der Waals surface area contributed by atoms with Crippen LogP contribution in [0.4, 0.5) is 4.39 Å². The summed E-state index contributed by atoms with van der Waals surface area (Å²) in [5.41, 5.74) is 2.21. The average Bonchev–Trinajstić information content (AvgIpc) is 2.67. The highest BCUT2D eigenvalue weighted by molar-refractivity contribution is 9.10. The van der Waals surface area contributed by atoms with E-state index in [0.29, 0.717) is 17.9 Å². The van der Waals surface area contributed by atoms with Gasteiger partial charge in [0, 0.05) is 20.1 Å². The number of nitrogens with zero attached hydrogens (tertiary/aromatic N) is 1. The van der Waals surface area contributed by atoms with Crippen molar-refractivity contribution in [1.82, 2.24) is 0 Å². The molecule has 0 unspecified atom stereocenters. The second kappa shape index (κ2) is 8.98. The molecule has 0 heterocycles. The van der Waals surface area contributed by atoms with Crippen LogP contribution >= 0.6 is 31.9 Å². The second-order valence-electron chi connectivity index (χ2n) is 5.75. The topological polar surface area (TPSA) is 33.0 Å². The molecule has 134 valence electrons. The largest absolute Gasteiger partial charge is 0.488 e. The molecular weight excluding hydrogens is 473 g/mol. The van der Waals surface area contributed by atoms with E-state index in [4.69, 9.17) is 4.74 Å². The minimum atomic E-state index is -0.433. The smallest absolute Gasteiger partial charge is 0.131 e. The van der Waals surface area contributed by atoms with E-state index in [1.165, 1.54) is 6.07 Å². The van der Waals surface area contributed by atoms with Crippen molar-refractivity contribution >= 4 is 43.5 Å². The third-order valence-corrected chi connectivity index (χ3v) is 4.89. The molecule has 3 aromatic carbocycles. The van der Waals surface area contributed by atoms with Crippen LogP contribution < -0.4 is 4.74 Å². The fraction of sp³-hybridized carbons (Fsp3) is 0.0455. The van der Waals surface area contributed by atoms with Crippen molar-refractivity contribution < 1.29 is 9.13 Å². The van der Waals surface area contributed by atoms with Gasteiger partial charge in [-0.1, -0.05) is 62.2 Å². The lowest BCUT2D eigenvalue weighted by Crippen LogP contribution is -1.97. The molecule has 0 spiro atoms. The number of ether oxygens (including phenoxy) is 1. The third-order valence-electron chi connectivity index (χ3n) is 3.86. The maximum Gasteiger partial charge on any atom is 0.131 e. The minimum absolute atomic E-state index is 0.236. The van der Waals surface area contributed by atoms with Crippen LogP contribution in [-0.2, 0) is 6.61 Å². The van der Waals surface area contributed by atoms with Gasteiger partial charge >= 0.3 is 0 Å². The van der Waals surface area contributed by atoms with E-state index >= 15 is 0 Å². The highest BCUT2D eigenvalue weighted by Gasteiger charge is 2.10. The highest BCUT2D eigenvalue weighted by atomic mass is 79.9. The Bertz CT molecular complexity index is 1020. The van der Waals surface area contributed by atoms with Crippen molar-refractivity contribution in [3.8, 4) is 11.8 Å². The van der Waals surface area contributed by atoms with E-state index in [2.05, 4.69) is 37.9 Å². The van der Waals surface area contributed by atoms with Crippen LogP contribution in [0.15, 0.2) is 75.7 Å². The zero-order valence-electron chi connectivity index (χ0n) is 14.1. The van der Waals surface area contributed by atoms with Crippen LogP contribution in [0.2, 0.25) is 0 Å². The van der Waals surface area contributed by atoms with Gasteiger partial charge in [-0.3, -0.25) is 0 Å². The number of allylic oxidation sites excluding steroid dienone is 1. The van der Waals surface area contributed by atoms with Crippen molar-refractivity contribution in [2.75, 3.05) is 0 Å². The number of rotatable bonds is 5. The standard InChI is InChI=1S/C22H14Br2FNO/c23-18-7-5-15(6-8-18)14-27-22-10-9-19(24)12-16(22)11-17(13-26)20-3-1-2-4-21(20)25/h1-12H,14H2. The zero-order valence-corrected chi connectivity index (χ0v) is 17.3. The Balaban J connectivity index is 1.92. The number of halogens is 3. The molecular formula is C22H14Br2FNO. The second-order valence-corrected chi connectivity index (χ2v) is 7.58. The molecule has 0 aromatic heterocycles. The van der Waals surface area contributed by atoms with E-state index in [1.54, 1.807) is 24.3 Å². The number of hydrogen-bond donors (Lipinski definition) is 0. The van der Waals surface area contributed by atoms with Crippen LogP contribution in [0, 0.1) is 17.1 Å². The summed E-state index contributed by atoms with van der Waals surface area (Å²) >= 11 is 6.84. The van der Waals surface area contributed by atoms with Crippen LogP contribution in [0.1, 0.15) is 16.7 Å². The quantitative estimate of drug-likeness (QED) is 0.287. The molecule has 0 atom stereocenters. The van der Waals surface area contributed by atoms with E-state index in [0.717, 1.165) is 14.5 Å². The average molecular weight is 487 g/mol. The molecule has 0 aliphatic heterocycles. The summed E-state index contributed by atoms with van der Waals surface area (Å²) in [4.78, 5) is 0.